The molecule has 1 aliphatic heterocycles. The van der Waals surface area contributed by atoms with Crippen LogP contribution < -0.4 is 9.47 Å². The second kappa shape index (κ2) is 6.93. The summed E-state index contributed by atoms with van der Waals surface area (Å²) in [7, 11) is 5.25. The molecule has 5 nitrogen and oxygen atoms in total. The molecule has 0 bridgehead atoms. The Balaban J connectivity index is 1.91. The fourth-order valence-corrected chi connectivity index (χ4v) is 3.56. The van der Waals surface area contributed by atoms with Crippen LogP contribution in [0, 0.1) is 0 Å². The highest BCUT2D eigenvalue weighted by Gasteiger charge is 2.31. The number of rotatable bonds is 3. The van der Waals surface area contributed by atoms with Crippen molar-refractivity contribution in [1.82, 2.24) is 4.90 Å². The highest BCUT2D eigenvalue weighted by Crippen LogP contribution is 2.37. The van der Waals surface area contributed by atoms with E-state index >= 15 is 0 Å². The number of nitrogens with zero attached hydrogens (tertiary/aromatic N) is 1. The number of aromatic hydroxyl groups is 1. The fourth-order valence-electron chi connectivity index (χ4n) is 3.56. The summed E-state index contributed by atoms with van der Waals surface area (Å²) in [5.41, 5.74) is 3.53. The monoisotopic (exact) mass is 364 g/mol. The van der Waals surface area contributed by atoms with Crippen molar-refractivity contribution in [3.05, 3.63) is 59.4 Å². The number of fused-ring (bicyclic) bond motifs is 2. The molecule has 0 aliphatic carbocycles. The summed E-state index contributed by atoms with van der Waals surface area (Å²) >= 11 is 0. The first-order chi connectivity index (χ1) is 13.1. The Morgan fingerprint density at radius 2 is 1.78 bits per heavy atom. The maximum atomic E-state index is 10.5. The van der Waals surface area contributed by atoms with Gasteiger partial charge in [-0.15, -0.1) is 0 Å². The molecule has 0 atom stereocenters. The molecule has 2 aromatic carbocycles. The van der Waals surface area contributed by atoms with Gasteiger partial charge in [-0.25, -0.2) is 4.42 Å². The first kappa shape index (κ1) is 17.4. The maximum Gasteiger partial charge on any atom is 0.402 e. The molecule has 5 heteroatoms. The summed E-state index contributed by atoms with van der Waals surface area (Å²) in [5, 5.41) is 11.5. The molecule has 27 heavy (non-hydrogen) atoms. The van der Waals surface area contributed by atoms with Crippen molar-refractivity contribution >= 4 is 22.6 Å². The molecule has 4 rings (SSSR count). The normalized spacial score (nSPS) is 15.7. The van der Waals surface area contributed by atoms with E-state index in [9.17, 15) is 5.11 Å². The van der Waals surface area contributed by atoms with Crippen LogP contribution in [-0.2, 0) is 6.54 Å². The summed E-state index contributed by atoms with van der Waals surface area (Å²) in [5.74, 6) is 2.11. The Bertz CT molecular complexity index is 1040. The number of likely N-dealkylation sites (N-methyl/N-ethyl adjacent to an activating group) is 1. The van der Waals surface area contributed by atoms with E-state index in [2.05, 4.69) is 18.0 Å². The Morgan fingerprint density at radius 3 is 2.56 bits per heavy atom. The predicted molar refractivity (Wildman–Crippen MR) is 106 cm³/mol. The lowest BCUT2D eigenvalue weighted by Gasteiger charge is -2.22. The van der Waals surface area contributed by atoms with E-state index in [0.29, 0.717) is 23.6 Å². The number of phenols is 1. The minimum atomic E-state index is 0.126. The smallest absolute Gasteiger partial charge is 0.402 e. The number of hydrogen-bond acceptors (Lipinski definition) is 4. The zero-order chi connectivity index (χ0) is 19.0. The van der Waals surface area contributed by atoms with Gasteiger partial charge in [0.1, 0.15) is 0 Å². The summed E-state index contributed by atoms with van der Waals surface area (Å²) in [6.45, 7) is 1.52. The maximum absolute atomic E-state index is 10.5. The molecular weight excluding hydrogens is 342 g/mol. The Hall–Kier alpha value is -3.05. The number of benzene rings is 2. The van der Waals surface area contributed by atoms with Crippen LogP contribution in [-0.4, -0.2) is 37.8 Å². The SMILES string of the molecule is COc1cccc(/C=C2/CN(C)Cc3cc4cccc(OC)c4[o+]c32)c1O. The Labute approximate surface area is 158 Å². The minimum absolute atomic E-state index is 0.126. The average Bonchev–Trinajstić information content (AvgIpc) is 2.67. The second-order valence-electron chi connectivity index (χ2n) is 6.72. The summed E-state index contributed by atoms with van der Waals surface area (Å²) in [6, 6.07) is 13.5. The molecule has 1 N–H and O–H groups in total. The number of methoxy groups -OCH3 is 2. The fraction of sp³-hybridized carbons (Fsp3) is 0.227. The van der Waals surface area contributed by atoms with E-state index in [-0.39, 0.29) is 5.75 Å². The molecule has 0 saturated heterocycles. The van der Waals surface area contributed by atoms with Gasteiger partial charge in [-0.1, -0.05) is 18.2 Å². The third kappa shape index (κ3) is 3.11. The number of para-hydroxylation sites is 2. The van der Waals surface area contributed by atoms with Crippen LogP contribution in [0.3, 0.4) is 0 Å². The van der Waals surface area contributed by atoms with Crippen LogP contribution in [0.25, 0.3) is 22.6 Å². The van der Waals surface area contributed by atoms with Crippen LogP contribution in [0.5, 0.6) is 17.2 Å². The Kier molecular flexibility index (Phi) is 4.46. The van der Waals surface area contributed by atoms with Crippen molar-refractivity contribution in [2.45, 2.75) is 6.54 Å². The van der Waals surface area contributed by atoms with Gasteiger partial charge >= 0.3 is 11.3 Å². The van der Waals surface area contributed by atoms with Crippen molar-refractivity contribution in [3.8, 4) is 17.2 Å². The topological polar surface area (TPSA) is 53.2 Å². The van der Waals surface area contributed by atoms with E-state index in [0.717, 1.165) is 34.4 Å². The molecule has 0 amide bonds. The van der Waals surface area contributed by atoms with Crippen molar-refractivity contribution in [2.75, 3.05) is 27.8 Å². The third-order valence-electron chi connectivity index (χ3n) is 4.81. The lowest BCUT2D eigenvalue weighted by atomic mass is 9.98. The molecule has 0 spiro atoms. The first-order valence-corrected chi connectivity index (χ1v) is 8.79. The highest BCUT2D eigenvalue weighted by atomic mass is 16.5. The van der Waals surface area contributed by atoms with Gasteiger partial charge in [-0.2, -0.15) is 0 Å². The lowest BCUT2D eigenvalue weighted by Crippen LogP contribution is -2.25. The van der Waals surface area contributed by atoms with E-state index in [1.165, 1.54) is 0 Å². The molecule has 0 unspecified atom stereocenters. The first-order valence-electron chi connectivity index (χ1n) is 8.79. The zero-order valence-electron chi connectivity index (χ0n) is 15.7. The molecule has 0 saturated carbocycles. The number of hydrogen-bond donors (Lipinski definition) is 1. The van der Waals surface area contributed by atoms with Gasteiger partial charge in [0, 0.05) is 18.7 Å². The highest BCUT2D eigenvalue weighted by molar-refractivity contribution is 5.89. The van der Waals surface area contributed by atoms with Gasteiger partial charge in [-0.3, -0.25) is 4.90 Å². The molecule has 1 aliphatic rings. The summed E-state index contributed by atoms with van der Waals surface area (Å²) in [6.07, 6.45) is 1.96. The predicted octanol–water partition coefficient (Wildman–Crippen LogP) is 4.42. The van der Waals surface area contributed by atoms with Gasteiger partial charge in [-0.05, 0) is 37.4 Å². The summed E-state index contributed by atoms with van der Waals surface area (Å²) in [4.78, 5) is 2.22. The van der Waals surface area contributed by atoms with E-state index in [1.54, 1.807) is 20.3 Å². The van der Waals surface area contributed by atoms with Crippen LogP contribution >= 0.6 is 0 Å². The average molecular weight is 364 g/mol. The third-order valence-corrected chi connectivity index (χ3v) is 4.81. The van der Waals surface area contributed by atoms with Gasteiger partial charge < -0.3 is 14.6 Å². The van der Waals surface area contributed by atoms with E-state index in [1.807, 2.05) is 36.4 Å². The van der Waals surface area contributed by atoms with E-state index < -0.39 is 0 Å². The standard InChI is InChI=1S/C22H21NO4/c1-23-12-16(10-14-6-4-8-18(25-2)20(14)24)21-17(13-23)11-15-7-5-9-19(26-3)22(15)27-21/h4-11H,12-13H2,1-3H3/p+1/b16-10-. The number of ether oxygens (including phenoxy) is 2. The quantitative estimate of drug-likeness (QED) is 0.697. The van der Waals surface area contributed by atoms with Crippen molar-refractivity contribution in [3.63, 3.8) is 0 Å². The second-order valence-corrected chi connectivity index (χ2v) is 6.72. The van der Waals surface area contributed by atoms with Gasteiger partial charge in [0.05, 0.1) is 30.7 Å². The molecule has 138 valence electrons. The molecule has 0 fully saturated rings. The van der Waals surface area contributed by atoms with Crippen molar-refractivity contribution in [1.29, 1.82) is 0 Å². The van der Waals surface area contributed by atoms with Crippen LogP contribution in [0.2, 0.25) is 0 Å². The summed E-state index contributed by atoms with van der Waals surface area (Å²) < 4.78 is 17.0. The van der Waals surface area contributed by atoms with Gasteiger partial charge in [0.2, 0.25) is 5.75 Å². The van der Waals surface area contributed by atoms with Crippen molar-refractivity contribution in [2.24, 2.45) is 0 Å². The molecular formula is C22H22NO4+. The van der Waals surface area contributed by atoms with E-state index in [4.69, 9.17) is 13.9 Å². The van der Waals surface area contributed by atoms with Gasteiger partial charge in [0.25, 0.3) is 0 Å². The molecule has 1 aromatic heterocycles. The lowest BCUT2D eigenvalue weighted by molar-refractivity contribution is 0.344. The van der Waals surface area contributed by atoms with Crippen LogP contribution in [0.1, 0.15) is 16.9 Å². The van der Waals surface area contributed by atoms with Gasteiger partial charge in [0.15, 0.2) is 11.5 Å². The minimum Gasteiger partial charge on any atom is -0.504 e. The van der Waals surface area contributed by atoms with Crippen LogP contribution in [0.15, 0.2) is 46.9 Å². The molecule has 0 radical (unpaired) electrons. The Morgan fingerprint density at radius 1 is 1.04 bits per heavy atom. The zero-order valence-corrected chi connectivity index (χ0v) is 15.7. The van der Waals surface area contributed by atoms with Crippen LogP contribution in [0.4, 0.5) is 0 Å². The molecule has 3 aromatic rings. The van der Waals surface area contributed by atoms with Crippen molar-refractivity contribution < 1.29 is 19.0 Å². The number of phenolic OH excluding ortho intramolecular Hbond substituents is 1. The molecule has 2 heterocycles. The largest absolute Gasteiger partial charge is 0.504 e.